The van der Waals surface area contributed by atoms with Crippen LogP contribution in [-0.4, -0.2) is 26.2 Å². The smallest absolute Gasteiger partial charge is 0.335 e. The molecule has 0 heterocycles. The number of ether oxygens (including phenoxy) is 2. The average molecular weight is 398 g/mol. The molecule has 0 aliphatic heterocycles. The minimum absolute atomic E-state index is 0.291. The molecule has 0 saturated carbocycles. The third-order valence-electron chi connectivity index (χ3n) is 6.64. The molecule has 0 saturated heterocycles. The highest BCUT2D eigenvalue weighted by atomic mass is 16.5. The monoisotopic (exact) mass is 398 g/mol. The first-order valence-corrected chi connectivity index (χ1v) is 9.98. The van der Waals surface area contributed by atoms with Crippen LogP contribution in [0.15, 0.2) is 65.7 Å². The molecule has 0 bridgehead atoms. The second-order valence-corrected chi connectivity index (χ2v) is 8.09. The SMILES string of the molecule is COC(=O)C1=C(C(=O)OC)C2(c3ccccc3)c3ccc4c(C)cc(C)cc(c3-4)C12. The highest BCUT2D eigenvalue weighted by Crippen LogP contribution is 2.69. The molecule has 2 unspecified atom stereocenters. The van der Waals surface area contributed by atoms with Crippen molar-refractivity contribution in [1.82, 2.24) is 0 Å². The fraction of sp³-hybridized carbons (Fsp3) is 0.231. The quantitative estimate of drug-likeness (QED) is 0.612. The standard InChI is InChI=1S/C26H22O4/c1-14-12-15(2)17-10-11-19-20(17)18(13-14)22-21(24(27)29-3)23(25(28)30-4)26(19,22)16-8-6-5-7-9-16/h5-13,22H,1-4H3. The van der Waals surface area contributed by atoms with Crippen molar-refractivity contribution >= 4 is 11.9 Å². The van der Waals surface area contributed by atoms with Gasteiger partial charge in [-0.25, -0.2) is 9.59 Å². The lowest BCUT2D eigenvalue weighted by Gasteiger charge is -2.48. The first kappa shape index (κ1) is 18.6. The Balaban J connectivity index is 1.93. The average Bonchev–Trinajstić information content (AvgIpc) is 3.21. The van der Waals surface area contributed by atoms with Gasteiger partial charge < -0.3 is 9.47 Å². The molecule has 0 aromatic heterocycles. The summed E-state index contributed by atoms with van der Waals surface area (Å²) in [6.07, 6.45) is 0. The van der Waals surface area contributed by atoms with Crippen LogP contribution in [0.2, 0.25) is 0 Å². The van der Waals surface area contributed by atoms with Crippen LogP contribution in [0.3, 0.4) is 0 Å². The number of hydrogen-bond acceptors (Lipinski definition) is 4. The molecule has 1 aromatic rings. The van der Waals surface area contributed by atoms with Crippen molar-refractivity contribution in [2.75, 3.05) is 14.2 Å². The summed E-state index contributed by atoms with van der Waals surface area (Å²) in [7, 11) is 2.71. The Hall–Kier alpha value is -3.40. The fourth-order valence-corrected chi connectivity index (χ4v) is 5.64. The Labute approximate surface area is 175 Å². The maximum atomic E-state index is 13.0. The van der Waals surface area contributed by atoms with Gasteiger partial charge in [0.1, 0.15) is 0 Å². The summed E-state index contributed by atoms with van der Waals surface area (Å²) in [4.78, 5) is 25.9. The molecule has 0 N–H and O–H groups in total. The number of carbonyl (C=O) groups excluding carboxylic acids is 2. The van der Waals surface area contributed by atoms with Crippen molar-refractivity contribution in [2.24, 2.45) is 0 Å². The van der Waals surface area contributed by atoms with E-state index in [9.17, 15) is 9.59 Å². The Morgan fingerprint density at radius 2 is 1.60 bits per heavy atom. The number of esters is 2. The molecule has 30 heavy (non-hydrogen) atoms. The van der Waals surface area contributed by atoms with Crippen molar-refractivity contribution in [3.63, 3.8) is 0 Å². The third-order valence-corrected chi connectivity index (χ3v) is 6.64. The van der Waals surface area contributed by atoms with Gasteiger partial charge in [-0.15, -0.1) is 0 Å². The molecule has 5 rings (SSSR count). The second kappa shape index (κ2) is 6.30. The molecular weight excluding hydrogens is 376 g/mol. The number of hydrogen-bond donors (Lipinski definition) is 0. The van der Waals surface area contributed by atoms with Gasteiger partial charge in [0.2, 0.25) is 0 Å². The van der Waals surface area contributed by atoms with Gasteiger partial charge in [0.25, 0.3) is 0 Å². The van der Waals surface area contributed by atoms with Gasteiger partial charge in [-0.2, -0.15) is 0 Å². The Morgan fingerprint density at radius 1 is 0.900 bits per heavy atom. The zero-order valence-corrected chi connectivity index (χ0v) is 17.4. The molecule has 0 radical (unpaired) electrons. The molecule has 0 fully saturated rings. The number of aryl methyl sites for hydroxylation is 2. The second-order valence-electron chi connectivity index (χ2n) is 8.09. The van der Waals surface area contributed by atoms with Crippen LogP contribution in [0.5, 0.6) is 0 Å². The number of fused-ring (bicyclic) bond motifs is 3. The normalized spacial score (nSPS) is 21.3. The van der Waals surface area contributed by atoms with Crippen molar-refractivity contribution in [3.8, 4) is 11.1 Å². The lowest BCUT2D eigenvalue weighted by molar-refractivity contribution is -0.141. The van der Waals surface area contributed by atoms with E-state index in [0.29, 0.717) is 11.1 Å². The number of methoxy groups -OCH3 is 2. The zero-order chi connectivity index (χ0) is 21.2. The minimum atomic E-state index is -0.755. The summed E-state index contributed by atoms with van der Waals surface area (Å²) in [5.74, 6) is -1.26. The van der Waals surface area contributed by atoms with E-state index in [1.807, 2.05) is 30.3 Å². The minimum Gasteiger partial charge on any atom is -0.466 e. The molecular formula is C26H22O4. The molecule has 0 amide bonds. The van der Waals surface area contributed by atoms with Crippen LogP contribution in [0, 0.1) is 13.8 Å². The van der Waals surface area contributed by atoms with E-state index in [1.54, 1.807) is 0 Å². The van der Waals surface area contributed by atoms with E-state index in [1.165, 1.54) is 19.8 Å². The summed E-state index contributed by atoms with van der Waals surface area (Å²) in [6, 6.07) is 18.4. The Morgan fingerprint density at radius 3 is 2.27 bits per heavy atom. The van der Waals surface area contributed by atoms with Crippen molar-refractivity contribution in [1.29, 1.82) is 0 Å². The summed E-state index contributed by atoms with van der Waals surface area (Å²) in [5.41, 5.74) is 7.67. The van der Waals surface area contributed by atoms with E-state index in [0.717, 1.165) is 33.4 Å². The number of carbonyl (C=O) groups is 2. The number of rotatable bonds is 3. The van der Waals surface area contributed by atoms with E-state index in [4.69, 9.17) is 9.47 Å². The van der Waals surface area contributed by atoms with Gasteiger partial charge >= 0.3 is 11.9 Å². The van der Waals surface area contributed by atoms with Crippen molar-refractivity contribution in [2.45, 2.75) is 25.2 Å². The highest BCUT2D eigenvalue weighted by molar-refractivity contribution is 6.12. The van der Waals surface area contributed by atoms with Gasteiger partial charge in [0.15, 0.2) is 0 Å². The molecule has 4 heteroatoms. The maximum absolute atomic E-state index is 13.0. The predicted octanol–water partition coefficient (Wildman–Crippen LogP) is 4.45. The van der Waals surface area contributed by atoms with Crippen molar-refractivity contribution < 1.29 is 19.1 Å². The van der Waals surface area contributed by atoms with Crippen molar-refractivity contribution in [3.05, 3.63) is 93.6 Å². The first-order chi connectivity index (χ1) is 14.5. The van der Waals surface area contributed by atoms with Crippen LogP contribution in [0.4, 0.5) is 0 Å². The van der Waals surface area contributed by atoms with Gasteiger partial charge in [-0.05, 0) is 47.2 Å². The molecule has 0 spiro atoms. The largest absolute Gasteiger partial charge is 0.466 e. The number of benzene rings is 1. The van der Waals surface area contributed by atoms with Gasteiger partial charge in [0.05, 0.1) is 30.8 Å². The summed E-state index contributed by atoms with van der Waals surface area (Å²) in [6.45, 7) is 4.16. The Bertz CT molecular complexity index is 1220. The molecule has 150 valence electrons. The zero-order valence-electron chi connectivity index (χ0n) is 17.4. The van der Waals surface area contributed by atoms with Crippen LogP contribution >= 0.6 is 0 Å². The van der Waals surface area contributed by atoms with Crippen LogP contribution in [-0.2, 0) is 24.5 Å². The van der Waals surface area contributed by atoms with Gasteiger partial charge in [-0.1, -0.05) is 60.2 Å². The predicted molar refractivity (Wildman–Crippen MR) is 114 cm³/mol. The van der Waals surface area contributed by atoms with Crippen LogP contribution in [0.1, 0.15) is 33.7 Å². The van der Waals surface area contributed by atoms with Gasteiger partial charge in [-0.3, -0.25) is 0 Å². The van der Waals surface area contributed by atoms with E-state index in [2.05, 4.69) is 38.1 Å². The van der Waals surface area contributed by atoms with E-state index >= 15 is 0 Å². The highest BCUT2D eigenvalue weighted by Gasteiger charge is 2.66. The summed E-state index contributed by atoms with van der Waals surface area (Å²) >= 11 is 0. The molecule has 4 aliphatic rings. The lowest BCUT2D eigenvalue weighted by atomic mass is 9.52. The fourth-order valence-electron chi connectivity index (χ4n) is 5.64. The van der Waals surface area contributed by atoms with Gasteiger partial charge in [0, 0.05) is 5.92 Å². The summed E-state index contributed by atoms with van der Waals surface area (Å²) in [5, 5.41) is 0. The van der Waals surface area contributed by atoms with Crippen LogP contribution < -0.4 is 0 Å². The Kier molecular flexibility index (Phi) is 3.91. The maximum Gasteiger partial charge on any atom is 0.335 e. The molecule has 4 aliphatic carbocycles. The molecule has 1 aromatic carbocycles. The molecule has 4 nitrogen and oxygen atoms in total. The van der Waals surface area contributed by atoms with E-state index < -0.39 is 17.4 Å². The van der Waals surface area contributed by atoms with Crippen LogP contribution in [0.25, 0.3) is 11.1 Å². The third kappa shape index (κ3) is 2.06. The summed E-state index contributed by atoms with van der Waals surface area (Å²) < 4.78 is 10.3. The first-order valence-electron chi connectivity index (χ1n) is 9.98. The van der Waals surface area contributed by atoms with E-state index in [-0.39, 0.29) is 5.92 Å². The lowest BCUT2D eigenvalue weighted by Crippen LogP contribution is -2.49. The topological polar surface area (TPSA) is 52.6 Å². The molecule has 2 atom stereocenters.